The lowest BCUT2D eigenvalue weighted by atomic mass is 10.0. The van der Waals surface area contributed by atoms with Gasteiger partial charge in [-0.3, -0.25) is 0 Å². The zero-order chi connectivity index (χ0) is 33.4. The van der Waals surface area contributed by atoms with Crippen molar-refractivity contribution in [2.75, 3.05) is 5.32 Å². The minimum atomic E-state index is 0.679. The van der Waals surface area contributed by atoms with Gasteiger partial charge in [-0.1, -0.05) is 103 Å². The smallest absolute Gasteiger partial charge is 0.0894 e. The van der Waals surface area contributed by atoms with E-state index in [0.29, 0.717) is 5.02 Å². The lowest BCUT2D eigenvalue weighted by Crippen LogP contribution is -1.94. The molecule has 8 bridgehead atoms. The van der Waals surface area contributed by atoms with Crippen molar-refractivity contribution in [2.24, 2.45) is 0 Å². The third-order valence-corrected chi connectivity index (χ3v) is 9.31. The van der Waals surface area contributed by atoms with Crippen molar-refractivity contribution < 1.29 is 0 Å². The van der Waals surface area contributed by atoms with Crippen molar-refractivity contribution in [1.82, 2.24) is 19.9 Å². The van der Waals surface area contributed by atoms with E-state index in [2.05, 4.69) is 137 Å². The molecule has 4 aromatic carbocycles. The van der Waals surface area contributed by atoms with Gasteiger partial charge in [0.2, 0.25) is 0 Å². The molecule has 2 aliphatic rings. The number of benzene rings is 4. The largest absolute Gasteiger partial charge is 0.354 e. The minimum absolute atomic E-state index is 0.679. The van der Waals surface area contributed by atoms with E-state index >= 15 is 0 Å². The fourth-order valence-electron chi connectivity index (χ4n) is 6.74. The number of aromatic amines is 2. The Morgan fingerprint density at radius 1 is 0.400 bits per heavy atom. The Morgan fingerprint density at radius 3 is 1.24 bits per heavy atom. The highest BCUT2D eigenvalue weighted by Crippen LogP contribution is 2.38. The van der Waals surface area contributed by atoms with Crippen LogP contribution in [0.5, 0.6) is 0 Å². The van der Waals surface area contributed by atoms with Crippen LogP contribution in [-0.2, 0) is 0 Å². The van der Waals surface area contributed by atoms with E-state index < -0.39 is 0 Å². The van der Waals surface area contributed by atoms with Gasteiger partial charge >= 0.3 is 0 Å². The summed E-state index contributed by atoms with van der Waals surface area (Å²) in [5.41, 5.74) is 15.2. The van der Waals surface area contributed by atoms with Gasteiger partial charge in [0.15, 0.2) is 0 Å². The van der Waals surface area contributed by atoms with Crippen molar-refractivity contribution in [1.29, 1.82) is 0 Å². The molecule has 0 radical (unpaired) electrons. The molecule has 238 valence electrons. The second-order valence-electron chi connectivity index (χ2n) is 12.2. The molecule has 9 rings (SSSR count). The minimum Gasteiger partial charge on any atom is -0.354 e. The number of anilines is 2. The lowest BCUT2D eigenvalue weighted by Gasteiger charge is -2.09. The number of aromatic nitrogens is 4. The highest BCUT2D eigenvalue weighted by atomic mass is 35.5. The Bertz CT molecular complexity index is 2560. The maximum absolute atomic E-state index is 6.26. The molecule has 0 saturated heterocycles. The lowest BCUT2D eigenvalue weighted by molar-refractivity contribution is 1.31. The molecular formula is C44H30ClN5. The average molecular weight is 664 g/mol. The van der Waals surface area contributed by atoms with Gasteiger partial charge in [-0.25, -0.2) is 9.97 Å². The fraction of sp³-hybridized carbons (Fsp3) is 0. The van der Waals surface area contributed by atoms with E-state index in [1.54, 1.807) is 0 Å². The molecule has 0 aliphatic carbocycles. The molecule has 0 spiro atoms. The number of nitrogens with zero attached hydrogens (tertiary/aromatic N) is 2. The van der Waals surface area contributed by atoms with Crippen LogP contribution in [0.15, 0.2) is 140 Å². The first kappa shape index (κ1) is 29.7. The van der Waals surface area contributed by atoms with E-state index in [0.717, 1.165) is 89.6 Å². The van der Waals surface area contributed by atoms with Gasteiger partial charge in [0.25, 0.3) is 0 Å². The molecule has 0 saturated carbocycles. The van der Waals surface area contributed by atoms with Crippen LogP contribution in [0.1, 0.15) is 22.8 Å². The van der Waals surface area contributed by atoms with Crippen molar-refractivity contribution in [3.63, 3.8) is 0 Å². The Morgan fingerprint density at radius 2 is 0.780 bits per heavy atom. The number of hydrogen-bond acceptors (Lipinski definition) is 3. The van der Waals surface area contributed by atoms with Gasteiger partial charge < -0.3 is 15.3 Å². The van der Waals surface area contributed by atoms with Crippen LogP contribution < -0.4 is 5.32 Å². The third-order valence-electron chi connectivity index (χ3n) is 9.05. The predicted octanol–water partition coefficient (Wildman–Crippen LogP) is 12.1. The van der Waals surface area contributed by atoms with Crippen molar-refractivity contribution in [2.45, 2.75) is 0 Å². The molecular weight excluding hydrogens is 634 g/mol. The molecule has 3 N–H and O–H groups in total. The molecule has 3 aromatic heterocycles. The number of H-pyrrole nitrogens is 2. The third kappa shape index (κ3) is 5.50. The molecule has 7 aromatic rings. The Labute approximate surface area is 294 Å². The highest BCUT2D eigenvalue weighted by molar-refractivity contribution is 6.30. The van der Waals surface area contributed by atoms with Crippen molar-refractivity contribution >= 4 is 69.3 Å². The molecule has 0 unspecified atom stereocenters. The number of nitrogens with one attached hydrogen (secondary N) is 3. The molecule has 6 heteroatoms. The second kappa shape index (κ2) is 12.5. The van der Waals surface area contributed by atoms with E-state index in [4.69, 9.17) is 21.6 Å². The zero-order valence-electron chi connectivity index (χ0n) is 26.9. The molecule has 5 nitrogen and oxygen atoms in total. The number of hydrogen-bond donors (Lipinski definition) is 3. The Kier molecular flexibility index (Phi) is 7.45. The normalized spacial score (nSPS) is 11.9. The predicted molar refractivity (Wildman–Crippen MR) is 210 cm³/mol. The summed E-state index contributed by atoms with van der Waals surface area (Å²) in [7, 11) is 0. The summed E-state index contributed by atoms with van der Waals surface area (Å²) in [5, 5.41) is 4.33. The molecule has 0 amide bonds. The van der Waals surface area contributed by atoms with Crippen LogP contribution in [0, 0.1) is 0 Å². The van der Waals surface area contributed by atoms with Crippen molar-refractivity contribution in [3.8, 4) is 33.4 Å². The topological polar surface area (TPSA) is 69.4 Å². The molecule has 0 atom stereocenters. The van der Waals surface area contributed by atoms with Crippen LogP contribution in [0.4, 0.5) is 11.4 Å². The molecule has 0 fully saturated rings. The zero-order valence-corrected chi connectivity index (χ0v) is 27.6. The van der Waals surface area contributed by atoms with E-state index in [1.165, 1.54) is 0 Å². The standard InChI is InChI=1S/C44H30ClN5/c45-31-16-18-32(19-17-31)46-44-39-26-24-37(49-39)42(29-12-6-2-7-13-29)35-22-20-33(47-35)41(28-10-4-1-5-11-28)34-21-23-36(48-34)43(30-14-8-3-9-15-30)38-25-27-40(44)50-38/h1-27,46-47,50H. The van der Waals surface area contributed by atoms with Crippen molar-refractivity contribution in [3.05, 3.63) is 167 Å². The van der Waals surface area contributed by atoms with Gasteiger partial charge in [-0.15, -0.1) is 0 Å². The summed E-state index contributed by atoms with van der Waals surface area (Å²) in [4.78, 5) is 18.2. The van der Waals surface area contributed by atoms with Crippen LogP contribution in [0.2, 0.25) is 5.02 Å². The van der Waals surface area contributed by atoms with Crippen LogP contribution >= 0.6 is 11.6 Å². The van der Waals surface area contributed by atoms with E-state index in [1.807, 2.05) is 42.5 Å². The number of fused-ring (bicyclic) bond motifs is 8. The average Bonchev–Trinajstić information content (AvgIpc) is 4.00. The summed E-state index contributed by atoms with van der Waals surface area (Å²) in [5.74, 6) is 0. The second-order valence-corrected chi connectivity index (χ2v) is 12.7. The quantitative estimate of drug-likeness (QED) is 0.172. The summed E-state index contributed by atoms with van der Waals surface area (Å²) < 4.78 is 0. The monoisotopic (exact) mass is 663 g/mol. The number of rotatable bonds is 5. The van der Waals surface area contributed by atoms with Crippen LogP contribution in [0.25, 0.3) is 79.8 Å². The van der Waals surface area contributed by atoms with Gasteiger partial charge in [-0.2, -0.15) is 0 Å². The first-order chi connectivity index (χ1) is 24.7. The van der Waals surface area contributed by atoms with E-state index in [9.17, 15) is 0 Å². The molecule has 5 heterocycles. The van der Waals surface area contributed by atoms with Gasteiger partial charge in [0, 0.05) is 44.0 Å². The first-order valence-electron chi connectivity index (χ1n) is 16.5. The Hall–Kier alpha value is -6.43. The van der Waals surface area contributed by atoms with E-state index in [-0.39, 0.29) is 0 Å². The summed E-state index contributed by atoms with van der Waals surface area (Å²) in [6.07, 6.45) is 8.41. The maximum atomic E-state index is 6.26. The Balaban J connectivity index is 1.44. The number of halogens is 1. The first-order valence-corrected chi connectivity index (χ1v) is 16.9. The summed E-state index contributed by atoms with van der Waals surface area (Å²) >= 11 is 6.26. The fourth-order valence-corrected chi connectivity index (χ4v) is 6.87. The highest BCUT2D eigenvalue weighted by Gasteiger charge is 2.18. The van der Waals surface area contributed by atoms with Gasteiger partial charge in [-0.05, 0) is 89.5 Å². The molecule has 2 aliphatic heterocycles. The molecule has 50 heavy (non-hydrogen) atoms. The van der Waals surface area contributed by atoms with Crippen LogP contribution in [-0.4, -0.2) is 19.9 Å². The summed E-state index contributed by atoms with van der Waals surface area (Å²) in [6, 6.07) is 47.5. The maximum Gasteiger partial charge on any atom is 0.0894 e. The van der Waals surface area contributed by atoms with Gasteiger partial charge in [0.05, 0.1) is 34.0 Å². The SMILES string of the molecule is Clc1ccc(Nc2c3nc(c(-c4ccccc4)c4ccc([nH]4)c(-c4ccccc4)c4nc(c(-c5ccccc5)c5ccc2[nH]5)C=C4)C=C3)cc1. The summed E-state index contributed by atoms with van der Waals surface area (Å²) in [6.45, 7) is 0. The van der Waals surface area contributed by atoms with Gasteiger partial charge in [0.1, 0.15) is 0 Å². The van der Waals surface area contributed by atoms with Crippen LogP contribution in [0.3, 0.4) is 0 Å².